The number of carbonyl (C=O) groups excluding carboxylic acids is 1. The summed E-state index contributed by atoms with van der Waals surface area (Å²) in [5.41, 5.74) is 0. The molecule has 146 valence electrons. The molecule has 1 aliphatic rings. The summed E-state index contributed by atoms with van der Waals surface area (Å²) in [6.45, 7) is 2.38. The third kappa shape index (κ3) is 6.17. The molecule has 0 aliphatic heterocycles. The summed E-state index contributed by atoms with van der Waals surface area (Å²) in [4.78, 5) is 12.7. The standard InChI is InChI=1S/C18H28N2O4S2/c1-3-24-15-8-10-16(11-9-15)26(22,23)20-17(12-13-25-2)18(21)19-14-6-4-5-7-14/h8-11,14,17,20H,3-7,12-13H2,1-2H3,(H,19,21)/t17-/m0/s1. The average molecular weight is 401 g/mol. The summed E-state index contributed by atoms with van der Waals surface area (Å²) < 4.78 is 33.3. The third-order valence-electron chi connectivity index (χ3n) is 4.37. The molecule has 26 heavy (non-hydrogen) atoms. The van der Waals surface area contributed by atoms with Crippen LogP contribution < -0.4 is 14.8 Å². The zero-order chi connectivity index (χ0) is 19.0. The molecule has 1 aliphatic carbocycles. The van der Waals surface area contributed by atoms with Crippen molar-refractivity contribution in [3.8, 4) is 5.75 Å². The van der Waals surface area contributed by atoms with Gasteiger partial charge < -0.3 is 10.1 Å². The maximum atomic E-state index is 12.7. The molecule has 2 rings (SSSR count). The summed E-state index contributed by atoms with van der Waals surface area (Å²) in [5, 5.41) is 2.99. The van der Waals surface area contributed by atoms with E-state index in [4.69, 9.17) is 4.74 Å². The fraction of sp³-hybridized carbons (Fsp3) is 0.611. The summed E-state index contributed by atoms with van der Waals surface area (Å²) in [6, 6.07) is 5.62. The Balaban J connectivity index is 2.07. The smallest absolute Gasteiger partial charge is 0.241 e. The monoisotopic (exact) mass is 400 g/mol. The Bertz CT molecular complexity index is 671. The topological polar surface area (TPSA) is 84.5 Å². The Hall–Kier alpha value is -1.25. The molecule has 0 aromatic heterocycles. The lowest BCUT2D eigenvalue weighted by molar-refractivity contribution is -0.123. The van der Waals surface area contributed by atoms with Crippen LogP contribution in [0.25, 0.3) is 0 Å². The van der Waals surface area contributed by atoms with Crippen LogP contribution in [0.2, 0.25) is 0 Å². The van der Waals surface area contributed by atoms with Crippen molar-refractivity contribution in [2.75, 3.05) is 18.6 Å². The molecule has 1 aromatic carbocycles. The summed E-state index contributed by atoms with van der Waals surface area (Å²) >= 11 is 1.59. The highest BCUT2D eigenvalue weighted by molar-refractivity contribution is 7.98. The number of ether oxygens (including phenoxy) is 1. The number of nitrogens with one attached hydrogen (secondary N) is 2. The van der Waals surface area contributed by atoms with Gasteiger partial charge in [-0.1, -0.05) is 12.8 Å². The predicted molar refractivity (Wildman–Crippen MR) is 105 cm³/mol. The Morgan fingerprint density at radius 3 is 2.50 bits per heavy atom. The molecule has 1 aromatic rings. The van der Waals surface area contributed by atoms with Crippen molar-refractivity contribution in [1.29, 1.82) is 0 Å². The van der Waals surface area contributed by atoms with E-state index < -0.39 is 16.1 Å². The first-order chi connectivity index (χ1) is 12.5. The van der Waals surface area contributed by atoms with E-state index in [2.05, 4.69) is 10.0 Å². The number of hydrogen-bond donors (Lipinski definition) is 2. The van der Waals surface area contributed by atoms with Crippen LogP contribution in [0.5, 0.6) is 5.75 Å². The van der Waals surface area contributed by atoms with Crippen molar-refractivity contribution in [2.24, 2.45) is 0 Å². The van der Waals surface area contributed by atoms with Crippen molar-refractivity contribution in [1.82, 2.24) is 10.0 Å². The van der Waals surface area contributed by atoms with E-state index in [0.717, 1.165) is 25.7 Å². The van der Waals surface area contributed by atoms with Gasteiger partial charge in [-0.2, -0.15) is 16.5 Å². The lowest BCUT2D eigenvalue weighted by atomic mass is 10.2. The highest BCUT2D eigenvalue weighted by atomic mass is 32.2. The van der Waals surface area contributed by atoms with Gasteiger partial charge in [0, 0.05) is 6.04 Å². The van der Waals surface area contributed by atoms with E-state index in [9.17, 15) is 13.2 Å². The van der Waals surface area contributed by atoms with Gasteiger partial charge in [0.1, 0.15) is 11.8 Å². The normalized spacial score (nSPS) is 16.4. The second-order valence-corrected chi connectivity index (χ2v) is 9.05. The van der Waals surface area contributed by atoms with E-state index in [-0.39, 0.29) is 16.8 Å². The molecule has 2 N–H and O–H groups in total. The van der Waals surface area contributed by atoms with E-state index in [1.807, 2.05) is 13.2 Å². The van der Waals surface area contributed by atoms with Crippen LogP contribution in [0.15, 0.2) is 29.2 Å². The molecule has 1 fully saturated rings. The summed E-state index contributed by atoms with van der Waals surface area (Å²) in [5.74, 6) is 1.08. The lowest BCUT2D eigenvalue weighted by Gasteiger charge is -2.21. The van der Waals surface area contributed by atoms with Crippen LogP contribution in [-0.4, -0.2) is 45.0 Å². The third-order valence-corrected chi connectivity index (χ3v) is 6.50. The molecule has 6 nitrogen and oxygen atoms in total. The molecule has 1 amide bonds. The Morgan fingerprint density at radius 2 is 1.92 bits per heavy atom. The fourth-order valence-electron chi connectivity index (χ4n) is 2.99. The second kappa shape index (κ2) is 10.2. The molecule has 1 saturated carbocycles. The van der Waals surface area contributed by atoms with Gasteiger partial charge in [-0.25, -0.2) is 8.42 Å². The van der Waals surface area contributed by atoms with Crippen molar-refractivity contribution >= 4 is 27.7 Å². The Kier molecular flexibility index (Phi) is 8.24. The number of rotatable bonds is 10. The Morgan fingerprint density at radius 1 is 1.27 bits per heavy atom. The van der Waals surface area contributed by atoms with Crippen LogP contribution in [0, 0.1) is 0 Å². The van der Waals surface area contributed by atoms with Crippen molar-refractivity contribution in [3.63, 3.8) is 0 Å². The van der Waals surface area contributed by atoms with Crippen molar-refractivity contribution in [2.45, 2.75) is 56.0 Å². The lowest BCUT2D eigenvalue weighted by Crippen LogP contribution is -2.49. The van der Waals surface area contributed by atoms with Gasteiger partial charge in [-0.05, 0) is 62.5 Å². The van der Waals surface area contributed by atoms with Gasteiger partial charge in [-0.3, -0.25) is 4.79 Å². The first-order valence-corrected chi connectivity index (χ1v) is 11.9. The van der Waals surface area contributed by atoms with Crippen molar-refractivity contribution < 1.29 is 17.9 Å². The molecule has 8 heteroatoms. The first-order valence-electron chi connectivity index (χ1n) is 9.00. The molecule has 0 bridgehead atoms. The molecule has 0 unspecified atom stereocenters. The quantitative estimate of drug-likeness (QED) is 0.630. The molecule has 1 atom stereocenters. The molecule has 0 saturated heterocycles. The van der Waals surface area contributed by atoms with Gasteiger partial charge in [0.2, 0.25) is 15.9 Å². The van der Waals surface area contributed by atoms with E-state index in [1.54, 1.807) is 23.9 Å². The van der Waals surface area contributed by atoms with Gasteiger partial charge in [-0.15, -0.1) is 0 Å². The van der Waals surface area contributed by atoms with Crippen LogP contribution in [0.3, 0.4) is 0 Å². The highest BCUT2D eigenvalue weighted by Gasteiger charge is 2.27. The molecule has 0 spiro atoms. The fourth-order valence-corrected chi connectivity index (χ4v) is 4.69. The zero-order valence-electron chi connectivity index (χ0n) is 15.4. The van der Waals surface area contributed by atoms with Gasteiger partial charge in [0.05, 0.1) is 11.5 Å². The molecule has 0 heterocycles. The number of sulfonamides is 1. The number of carbonyl (C=O) groups is 1. The van der Waals surface area contributed by atoms with Crippen LogP contribution in [-0.2, 0) is 14.8 Å². The zero-order valence-corrected chi connectivity index (χ0v) is 17.0. The minimum atomic E-state index is -3.78. The number of hydrogen-bond acceptors (Lipinski definition) is 5. The number of benzene rings is 1. The number of amides is 1. The summed E-state index contributed by atoms with van der Waals surface area (Å²) in [6.07, 6.45) is 6.54. The molecular weight excluding hydrogens is 372 g/mol. The maximum absolute atomic E-state index is 12.7. The van der Waals surface area contributed by atoms with E-state index >= 15 is 0 Å². The van der Waals surface area contributed by atoms with Gasteiger partial charge in [0.15, 0.2) is 0 Å². The van der Waals surface area contributed by atoms with Gasteiger partial charge in [0.25, 0.3) is 0 Å². The maximum Gasteiger partial charge on any atom is 0.241 e. The average Bonchev–Trinajstić information content (AvgIpc) is 3.12. The van der Waals surface area contributed by atoms with Crippen LogP contribution in [0.4, 0.5) is 0 Å². The predicted octanol–water partition coefficient (Wildman–Crippen LogP) is 2.54. The molecular formula is C18H28N2O4S2. The second-order valence-electron chi connectivity index (χ2n) is 6.35. The van der Waals surface area contributed by atoms with Crippen LogP contribution in [0.1, 0.15) is 39.0 Å². The molecule has 0 radical (unpaired) electrons. The highest BCUT2D eigenvalue weighted by Crippen LogP contribution is 2.19. The Labute approximate surface area is 160 Å². The largest absolute Gasteiger partial charge is 0.494 e. The first kappa shape index (κ1) is 21.1. The minimum Gasteiger partial charge on any atom is -0.494 e. The van der Waals surface area contributed by atoms with Crippen LogP contribution >= 0.6 is 11.8 Å². The van der Waals surface area contributed by atoms with E-state index in [0.29, 0.717) is 24.5 Å². The minimum absolute atomic E-state index is 0.128. The number of thioether (sulfide) groups is 1. The summed E-state index contributed by atoms with van der Waals surface area (Å²) in [7, 11) is -3.78. The van der Waals surface area contributed by atoms with E-state index in [1.165, 1.54) is 12.1 Å². The van der Waals surface area contributed by atoms with Gasteiger partial charge >= 0.3 is 0 Å². The van der Waals surface area contributed by atoms with Crippen molar-refractivity contribution in [3.05, 3.63) is 24.3 Å². The SMILES string of the molecule is CCOc1ccc(S(=O)(=O)N[C@@H](CCSC)C(=O)NC2CCCC2)cc1.